The lowest BCUT2D eigenvalue weighted by molar-refractivity contribution is -0.256. The summed E-state index contributed by atoms with van der Waals surface area (Å²) < 4.78 is 38.2. The number of allylic oxidation sites excluding steroid dienone is 1. The number of carbonyl (C=O) groups is 2. The highest BCUT2D eigenvalue weighted by Gasteiger charge is 2.65. The summed E-state index contributed by atoms with van der Waals surface area (Å²) in [4.78, 5) is 33.9. The van der Waals surface area contributed by atoms with Crippen molar-refractivity contribution in [3.05, 3.63) is 114 Å². The number of oxime groups is 1. The molecule has 330 valence electrons. The molecule has 1 fully saturated rings. The van der Waals surface area contributed by atoms with E-state index in [0.29, 0.717) is 65.9 Å². The number of rotatable bonds is 22. The van der Waals surface area contributed by atoms with Crippen molar-refractivity contribution in [3.63, 3.8) is 0 Å². The number of nitrogens with zero attached hydrogens (tertiary/aromatic N) is 2. The SMILES string of the molecule is C=CCCOC(=O)N(Cc1ccc2c(c1)OCO2)C1CC(=NOCC)C2=CC(CCCCO)C(CCCCO)C3c4cc(Oc5cccc(C=O)c5)ccc4OC1(OCC=C)C23. The summed E-state index contributed by atoms with van der Waals surface area (Å²) >= 11 is 0. The molecule has 2 N–H and O–H groups in total. The molecule has 6 unspecified atom stereocenters. The minimum Gasteiger partial charge on any atom is -0.459 e. The summed E-state index contributed by atoms with van der Waals surface area (Å²) in [7, 11) is 0. The molecular formula is C49H58N2O11. The maximum atomic E-state index is 14.7. The molecule has 1 saturated carbocycles. The number of hydrogen-bond donors (Lipinski definition) is 2. The van der Waals surface area contributed by atoms with Gasteiger partial charge in [-0.3, -0.25) is 9.69 Å². The van der Waals surface area contributed by atoms with Crippen molar-refractivity contribution in [1.82, 2.24) is 4.90 Å². The molecule has 0 spiro atoms. The van der Waals surface area contributed by atoms with Crippen LogP contribution in [0, 0.1) is 17.8 Å². The second-order valence-corrected chi connectivity index (χ2v) is 16.0. The highest BCUT2D eigenvalue weighted by Crippen LogP contribution is 2.62. The third-order valence-electron chi connectivity index (χ3n) is 12.1. The molecule has 2 aliphatic carbocycles. The quantitative estimate of drug-likeness (QED) is 0.0431. The molecule has 4 aliphatic rings. The molecule has 0 saturated heterocycles. The van der Waals surface area contributed by atoms with Crippen LogP contribution in [0.2, 0.25) is 0 Å². The third-order valence-corrected chi connectivity index (χ3v) is 12.1. The van der Waals surface area contributed by atoms with E-state index in [4.69, 9.17) is 38.4 Å². The van der Waals surface area contributed by atoms with Gasteiger partial charge in [-0.1, -0.05) is 54.4 Å². The Balaban J connectivity index is 1.44. The molecule has 0 radical (unpaired) electrons. The van der Waals surface area contributed by atoms with Crippen LogP contribution >= 0.6 is 0 Å². The number of carbonyl (C=O) groups excluding carboxylic acids is 2. The van der Waals surface area contributed by atoms with Gasteiger partial charge in [0.15, 0.2) is 11.5 Å². The number of hydrogen-bond acceptors (Lipinski definition) is 12. The summed E-state index contributed by atoms with van der Waals surface area (Å²) in [6.07, 6.45) is 11.0. The fourth-order valence-electron chi connectivity index (χ4n) is 9.49. The minimum absolute atomic E-state index is 0.00550. The Morgan fingerprint density at radius 1 is 0.952 bits per heavy atom. The maximum Gasteiger partial charge on any atom is 0.410 e. The summed E-state index contributed by atoms with van der Waals surface area (Å²) in [5.74, 6) is 0.596. The Morgan fingerprint density at radius 3 is 2.52 bits per heavy atom. The Bertz CT molecular complexity index is 2120. The lowest BCUT2D eigenvalue weighted by Gasteiger charge is -2.59. The smallest absolute Gasteiger partial charge is 0.410 e. The number of aliphatic hydroxyl groups excluding tert-OH is 2. The van der Waals surface area contributed by atoms with Gasteiger partial charge in [-0.25, -0.2) is 4.79 Å². The topological polar surface area (TPSA) is 155 Å². The molecule has 62 heavy (non-hydrogen) atoms. The van der Waals surface area contributed by atoms with Gasteiger partial charge in [-0.15, -0.1) is 13.2 Å². The summed E-state index contributed by atoms with van der Waals surface area (Å²) in [5.41, 5.74) is 3.75. The van der Waals surface area contributed by atoms with E-state index in [1.165, 1.54) is 0 Å². The van der Waals surface area contributed by atoms with Crippen LogP contribution in [0.3, 0.4) is 0 Å². The van der Waals surface area contributed by atoms with Gasteiger partial charge < -0.3 is 43.5 Å². The van der Waals surface area contributed by atoms with Gasteiger partial charge in [0.05, 0.1) is 24.8 Å². The fraction of sp³-hybridized carbons (Fsp3) is 0.449. The first-order valence-corrected chi connectivity index (χ1v) is 21.7. The normalized spacial score (nSPS) is 23.6. The van der Waals surface area contributed by atoms with E-state index < -0.39 is 23.8 Å². The van der Waals surface area contributed by atoms with Crippen molar-refractivity contribution in [2.24, 2.45) is 22.9 Å². The average molecular weight is 851 g/mol. The number of amides is 1. The number of aliphatic hydroxyl groups is 2. The summed E-state index contributed by atoms with van der Waals surface area (Å²) in [6, 6.07) is 17.5. The first kappa shape index (κ1) is 44.4. The van der Waals surface area contributed by atoms with Crippen LogP contribution in [0.1, 0.15) is 85.7 Å². The second kappa shape index (κ2) is 21.0. The van der Waals surface area contributed by atoms with Gasteiger partial charge in [0, 0.05) is 43.2 Å². The minimum atomic E-state index is -1.50. The van der Waals surface area contributed by atoms with Gasteiger partial charge in [-0.05, 0) is 104 Å². The van der Waals surface area contributed by atoms with Gasteiger partial charge in [0.25, 0.3) is 0 Å². The van der Waals surface area contributed by atoms with Crippen LogP contribution in [0.4, 0.5) is 4.79 Å². The Kier molecular flexibility index (Phi) is 15.0. The van der Waals surface area contributed by atoms with Gasteiger partial charge >= 0.3 is 6.09 Å². The number of benzene rings is 3. The van der Waals surface area contributed by atoms with Crippen LogP contribution < -0.4 is 18.9 Å². The van der Waals surface area contributed by atoms with Crippen LogP contribution in [0.5, 0.6) is 28.7 Å². The van der Waals surface area contributed by atoms with Crippen molar-refractivity contribution < 1.29 is 53.1 Å². The number of aldehydes is 1. The van der Waals surface area contributed by atoms with Crippen LogP contribution in [-0.2, 0) is 20.9 Å². The molecule has 3 aromatic rings. The molecule has 6 atom stereocenters. The van der Waals surface area contributed by atoms with Crippen molar-refractivity contribution in [2.45, 2.75) is 82.6 Å². The largest absolute Gasteiger partial charge is 0.459 e. The molecule has 7 rings (SSSR count). The summed E-state index contributed by atoms with van der Waals surface area (Å²) in [5, 5.41) is 24.6. The molecule has 2 aliphatic heterocycles. The molecular weight excluding hydrogens is 793 g/mol. The Hall–Kier alpha value is -5.63. The molecule has 2 heterocycles. The van der Waals surface area contributed by atoms with Crippen molar-refractivity contribution in [2.75, 3.05) is 39.8 Å². The predicted octanol–water partition coefficient (Wildman–Crippen LogP) is 8.89. The van der Waals surface area contributed by atoms with Crippen LogP contribution in [0.15, 0.2) is 103 Å². The Morgan fingerprint density at radius 2 is 1.74 bits per heavy atom. The average Bonchev–Trinajstić information content (AvgIpc) is 3.76. The van der Waals surface area contributed by atoms with E-state index in [0.717, 1.165) is 48.7 Å². The van der Waals surface area contributed by atoms with E-state index in [2.05, 4.69) is 19.2 Å². The zero-order valence-electron chi connectivity index (χ0n) is 35.5. The predicted molar refractivity (Wildman–Crippen MR) is 233 cm³/mol. The van der Waals surface area contributed by atoms with Crippen molar-refractivity contribution in [1.29, 1.82) is 0 Å². The van der Waals surface area contributed by atoms with Crippen molar-refractivity contribution in [3.8, 4) is 28.7 Å². The van der Waals surface area contributed by atoms with Crippen LogP contribution in [0.25, 0.3) is 0 Å². The molecule has 13 heteroatoms. The van der Waals surface area contributed by atoms with Gasteiger partial charge in [0.1, 0.15) is 36.2 Å². The molecule has 1 amide bonds. The maximum absolute atomic E-state index is 14.7. The van der Waals surface area contributed by atoms with Crippen molar-refractivity contribution >= 4 is 18.1 Å². The first-order valence-electron chi connectivity index (χ1n) is 21.7. The Labute approximate surface area is 363 Å². The zero-order valence-corrected chi connectivity index (χ0v) is 35.5. The zero-order chi connectivity index (χ0) is 43.5. The lowest BCUT2D eigenvalue weighted by atomic mass is 9.55. The number of ether oxygens (including phenoxy) is 6. The van der Waals surface area contributed by atoms with E-state index in [1.807, 2.05) is 43.3 Å². The first-order chi connectivity index (χ1) is 30.4. The fourth-order valence-corrected chi connectivity index (χ4v) is 9.49. The summed E-state index contributed by atoms with van der Waals surface area (Å²) in [6.45, 7) is 10.6. The molecule has 13 nitrogen and oxygen atoms in total. The number of unbranched alkanes of at least 4 members (excludes halogenated alkanes) is 2. The molecule has 0 aromatic heterocycles. The van der Waals surface area contributed by atoms with E-state index in [9.17, 15) is 19.8 Å². The highest BCUT2D eigenvalue weighted by molar-refractivity contribution is 6.03. The van der Waals surface area contributed by atoms with Gasteiger partial charge in [-0.2, -0.15) is 0 Å². The lowest BCUT2D eigenvalue weighted by Crippen LogP contribution is -2.70. The van der Waals surface area contributed by atoms with E-state index in [1.54, 1.807) is 41.3 Å². The molecule has 3 aromatic carbocycles. The number of fused-ring (bicyclic) bond motifs is 3. The second-order valence-electron chi connectivity index (χ2n) is 16.0. The monoisotopic (exact) mass is 850 g/mol. The van der Waals surface area contributed by atoms with E-state index in [-0.39, 0.29) is 63.9 Å². The van der Waals surface area contributed by atoms with Gasteiger partial charge in [0.2, 0.25) is 12.6 Å². The van der Waals surface area contributed by atoms with E-state index >= 15 is 0 Å². The third kappa shape index (κ3) is 9.55. The van der Waals surface area contributed by atoms with Crippen LogP contribution in [-0.4, -0.2) is 84.9 Å². The standard InChI is InChI=1S/C49H58N2O11/c1-4-7-24-56-48(55)51(30-33-17-19-43-44(26-33)58-32-57-43)45-29-41(50-60-6-3)39-27-35(14-8-10-21-52)38(16-9-11-22-53)46-40-28-37(61-36-15-12-13-34(25-36)31-54)18-20-42(40)62-49(45,47(39)46)59-23-5-2/h4-5,12-13,15,17-20,25-28,31,35,38,45-47,52-53H,1-2,6-11,14,16,21-24,29-30,32H2,3H3. The highest BCUT2D eigenvalue weighted by atomic mass is 16.7. The molecule has 0 bridgehead atoms.